The molecule has 3 N–H and O–H groups in total. The highest BCUT2D eigenvalue weighted by Crippen LogP contribution is 2.23. The summed E-state index contributed by atoms with van der Waals surface area (Å²) < 4.78 is 4.86. The first-order valence-corrected chi connectivity index (χ1v) is 9.71. The molecule has 1 atom stereocenters. The number of H-pyrrole nitrogens is 2. The maximum atomic E-state index is 12.9. The summed E-state index contributed by atoms with van der Waals surface area (Å²) in [6, 6.07) is 9.61. The van der Waals surface area contributed by atoms with E-state index in [2.05, 4.69) is 20.3 Å². The number of methoxy groups -OCH3 is 1. The molecule has 152 valence electrons. The second-order valence-corrected chi connectivity index (χ2v) is 6.81. The minimum Gasteiger partial charge on any atom is -0.465 e. The normalized spacial score (nSPS) is 11.9. The molecule has 2 heterocycles. The number of aryl methyl sites for hydroxylation is 1. The number of carbonyl (C=O) groups excluding carboxylic acids is 2. The van der Waals surface area contributed by atoms with Crippen molar-refractivity contribution in [2.24, 2.45) is 0 Å². The number of hydrogen-bond acceptors (Lipinski definition) is 4. The summed E-state index contributed by atoms with van der Waals surface area (Å²) in [7, 11) is 1.34. The Balaban J connectivity index is 1.83. The molecule has 0 saturated carbocycles. The van der Waals surface area contributed by atoms with E-state index in [4.69, 9.17) is 4.74 Å². The molecule has 3 aromatic rings. The van der Waals surface area contributed by atoms with Gasteiger partial charge in [-0.3, -0.25) is 4.79 Å². The minimum absolute atomic E-state index is 0.281. The Bertz CT molecular complexity index is 1000. The van der Waals surface area contributed by atoms with Crippen LogP contribution in [0.1, 0.15) is 64.2 Å². The van der Waals surface area contributed by atoms with Gasteiger partial charge in [0.1, 0.15) is 11.5 Å². The van der Waals surface area contributed by atoms with E-state index in [1.54, 1.807) is 13.1 Å². The number of nitrogens with one attached hydrogen (secondary N) is 3. The van der Waals surface area contributed by atoms with Crippen LogP contribution in [0, 0.1) is 6.92 Å². The number of imidazole rings is 1. The molecule has 29 heavy (non-hydrogen) atoms. The number of nitrogens with zero attached hydrogens (tertiary/aromatic N) is 1. The lowest BCUT2D eigenvalue weighted by atomic mass is 10.1. The van der Waals surface area contributed by atoms with Gasteiger partial charge >= 0.3 is 5.97 Å². The van der Waals surface area contributed by atoms with Crippen molar-refractivity contribution in [2.75, 3.05) is 7.11 Å². The number of amides is 1. The van der Waals surface area contributed by atoms with Crippen molar-refractivity contribution in [3.63, 3.8) is 0 Å². The summed E-state index contributed by atoms with van der Waals surface area (Å²) in [4.78, 5) is 35.9. The maximum Gasteiger partial charge on any atom is 0.339 e. The Kier molecular flexibility index (Phi) is 6.16. The number of ether oxygens (including phenoxy) is 1. The third-order valence-electron chi connectivity index (χ3n) is 5.02. The number of aromatic amines is 2. The summed E-state index contributed by atoms with van der Waals surface area (Å²) in [6.07, 6.45) is 3.02. The van der Waals surface area contributed by atoms with Gasteiger partial charge in [-0.1, -0.05) is 44.2 Å². The Morgan fingerprint density at radius 1 is 1.17 bits per heavy atom. The molecule has 0 radical (unpaired) electrons. The van der Waals surface area contributed by atoms with Crippen LogP contribution in [0.5, 0.6) is 0 Å². The van der Waals surface area contributed by atoms with Gasteiger partial charge in [-0.2, -0.15) is 0 Å². The minimum atomic E-state index is -0.444. The van der Waals surface area contributed by atoms with Crippen molar-refractivity contribution in [1.29, 1.82) is 0 Å². The number of rotatable bonds is 7. The molecule has 1 unspecified atom stereocenters. The maximum absolute atomic E-state index is 12.9. The topological polar surface area (TPSA) is 99.9 Å². The van der Waals surface area contributed by atoms with E-state index in [1.165, 1.54) is 7.11 Å². The van der Waals surface area contributed by atoms with Gasteiger partial charge < -0.3 is 20.0 Å². The van der Waals surface area contributed by atoms with E-state index in [0.29, 0.717) is 41.2 Å². The highest BCUT2D eigenvalue weighted by molar-refractivity contribution is 6.00. The summed E-state index contributed by atoms with van der Waals surface area (Å²) >= 11 is 0. The predicted molar refractivity (Wildman–Crippen MR) is 111 cm³/mol. The standard InChI is InChI=1S/C22H26N4O3/c1-5-15-18(22(28)29-4)13(3)19(24-15)21(27)26-16(6-2)20-23-12-17(25-20)14-10-8-7-9-11-14/h7-12,16,24H,5-6H2,1-4H3,(H,23,25)(H,26,27). The number of benzene rings is 1. The zero-order chi connectivity index (χ0) is 21.0. The fraction of sp³-hybridized carbons (Fsp3) is 0.318. The zero-order valence-corrected chi connectivity index (χ0v) is 17.1. The Morgan fingerprint density at radius 2 is 1.90 bits per heavy atom. The van der Waals surface area contributed by atoms with Gasteiger partial charge in [0, 0.05) is 5.69 Å². The quantitative estimate of drug-likeness (QED) is 0.528. The van der Waals surface area contributed by atoms with Crippen LogP contribution < -0.4 is 5.32 Å². The van der Waals surface area contributed by atoms with Crippen LogP contribution in [0.15, 0.2) is 36.5 Å². The summed E-state index contributed by atoms with van der Waals surface area (Å²) in [5, 5.41) is 3.01. The molecular formula is C22H26N4O3. The van der Waals surface area contributed by atoms with Gasteiger partial charge in [0.05, 0.1) is 30.6 Å². The summed E-state index contributed by atoms with van der Waals surface area (Å²) in [5.41, 5.74) is 4.00. The molecule has 2 aromatic heterocycles. The monoisotopic (exact) mass is 394 g/mol. The van der Waals surface area contributed by atoms with E-state index in [-0.39, 0.29) is 11.9 Å². The number of hydrogen-bond donors (Lipinski definition) is 3. The van der Waals surface area contributed by atoms with Gasteiger partial charge in [0.15, 0.2) is 0 Å². The largest absolute Gasteiger partial charge is 0.465 e. The fourth-order valence-corrected chi connectivity index (χ4v) is 3.40. The smallest absolute Gasteiger partial charge is 0.339 e. The van der Waals surface area contributed by atoms with E-state index in [9.17, 15) is 9.59 Å². The van der Waals surface area contributed by atoms with E-state index in [1.807, 2.05) is 44.2 Å². The lowest BCUT2D eigenvalue weighted by Gasteiger charge is -2.14. The average Bonchev–Trinajstić information content (AvgIpc) is 3.36. The molecule has 0 fully saturated rings. The molecule has 1 aromatic carbocycles. The molecule has 0 aliphatic heterocycles. The molecule has 7 nitrogen and oxygen atoms in total. The van der Waals surface area contributed by atoms with Crippen LogP contribution in [-0.2, 0) is 11.2 Å². The molecule has 0 aliphatic rings. The van der Waals surface area contributed by atoms with Crippen LogP contribution in [0.25, 0.3) is 11.3 Å². The molecule has 0 aliphatic carbocycles. The summed E-state index contributed by atoms with van der Waals surface area (Å²) in [5.74, 6) is -0.0371. The third kappa shape index (κ3) is 4.08. The SMILES string of the molecule is CCc1[nH]c(C(=O)NC(CC)c2ncc(-c3ccccc3)[nH]2)c(C)c1C(=O)OC. The molecule has 1 amide bonds. The van der Waals surface area contributed by atoms with Crippen LogP contribution in [-0.4, -0.2) is 33.9 Å². The average molecular weight is 394 g/mol. The lowest BCUT2D eigenvalue weighted by molar-refractivity contribution is 0.0599. The molecule has 7 heteroatoms. The lowest BCUT2D eigenvalue weighted by Crippen LogP contribution is -2.29. The highest BCUT2D eigenvalue weighted by Gasteiger charge is 2.25. The first-order valence-electron chi connectivity index (χ1n) is 9.71. The molecule has 0 spiro atoms. The Labute approximate surface area is 169 Å². The number of carbonyl (C=O) groups is 2. The second kappa shape index (κ2) is 8.77. The van der Waals surface area contributed by atoms with Gasteiger partial charge in [0.2, 0.25) is 0 Å². The second-order valence-electron chi connectivity index (χ2n) is 6.81. The number of esters is 1. The van der Waals surface area contributed by atoms with Crippen molar-refractivity contribution in [3.05, 3.63) is 64.9 Å². The van der Waals surface area contributed by atoms with Crippen molar-refractivity contribution >= 4 is 11.9 Å². The van der Waals surface area contributed by atoms with Crippen LogP contribution in [0.2, 0.25) is 0 Å². The Morgan fingerprint density at radius 3 is 2.52 bits per heavy atom. The van der Waals surface area contributed by atoms with Crippen molar-refractivity contribution in [2.45, 2.75) is 39.7 Å². The van der Waals surface area contributed by atoms with Gasteiger partial charge in [-0.15, -0.1) is 0 Å². The van der Waals surface area contributed by atoms with E-state index in [0.717, 1.165) is 11.3 Å². The van der Waals surface area contributed by atoms with Crippen LogP contribution in [0.3, 0.4) is 0 Å². The van der Waals surface area contributed by atoms with Crippen LogP contribution >= 0.6 is 0 Å². The Hall–Kier alpha value is -3.35. The molecule has 0 saturated heterocycles. The first-order chi connectivity index (χ1) is 14.0. The van der Waals surface area contributed by atoms with E-state index >= 15 is 0 Å². The van der Waals surface area contributed by atoms with Crippen molar-refractivity contribution in [1.82, 2.24) is 20.3 Å². The first kappa shape index (κ1) is 20.4. The zero-order valence-electron chi connectivity index (χ0n) is 17.1. The fourth-order valence-electron chi connectivity index (χ4n) is 3.40. The molecular weight excluding hydrogens is 368 g/mol. The van der Waals surface area contributed by atoms with Gasteiger partial charge in [-0.05, 0) is 30.9 Å². The van der Waals surface area contributed by atoms with Crippen molar-refractivity contribution < 1.29 is 14.3 Å². The van der Waals surface area contributed by atoms with Crippen molar-refractivity contribution in [3.8, 4) is 11.3 Å². The third-order valence-corrected chi connectivity index (χ3v) is 5.02. The van der Waals surface area contributed by atoms with E-state index < -0.39 is 5.97 Å². The van der Waals surface area contributed by atoms with Crippen LogP contribution in [0.4, 0.5) is 0 Å². The molecule has 3 rings (SSSR count). The summed E-state index contributed by atoms with van der Waals surface area (Å²) in [6.45, 7) is 5.65. The van der Waals surface area contributed by atoms with Gasteiger partial charge in [0.25, 0.3) is 5.91 Å². The van der Waals surface area contributed by atoms with Gasteiger partial charge in [-0.25, -0.2) is 9.78 Å². The highest BCUT2D eigenvalue weighted by atomic mass is 16.5. The predicted octanol–water partition coefficient (Wildman–Crippen LogP) is 3.94. The molecule has 0 bridgehead atoms. The number of aromatic nitrogens is 3.